The van der Waals surface area contributed by atoms with Gasteiger partial charge in [0, 0.05) is 35.3 Å². The van der Waals surface area contributed by atoms with Crippen molar-refractivity contribution >= 4 is 29.2 Å². The van der Waals surface area contributed by atoms with E-state index in [9.17, 15) is 9.90 Å². The quantitative estimate of drug-likeness (QED) is 0.135. The third-order valence-corrected chi connectivity index (χ3v) is 8.25. The highest BCUT2D eigenvalue weighted by Crippen LogP contribution is 2.39. The Morgan fingerprint density at radius 2 is 1.56 bits per heavy atom. The Morgan fingerprint density at radius 1 is 0.800 bits per heavy atom. The molecule has 4 aromatic carbocycles. The van der Waals surface area contributed by atoms with Crippen LogP contribution in [0.1, 0.15) is 35.5 Å². The SMILES string of the molecule is O=C(Nc1ccc(Oc2ccccc2)cc1)Nc1cccc([C@@H]2O[C@H](CSc3ccccn3)C[C@H](c3ccc(CO)cc3)O2)c1. The maximum atomic E-state index is 12.9. The van der Waals surface area contributed by atoms with Crippen molar-refractivity contribution in [1.29, 1.82) is 0 Å². The fourth-order valence-corrected chi connectivity index (χ4v) is 5.80. The summed E-state index contributed by atoms with van der Waals surface area (Å²) >= 11 is 1.64. The van der Waals surface area contributed by atoms with Gasteiger partial charge in [-0.15, -0.1) is 11.8 Å². The van der Waals surface area contributed by atoms with E-state index in [0.29, 0.717) is 29.3 Å². The van der Waals surface area contributed by atoms with E-state index in [2.05, 4.69) is 15.6 Å². The van der Waals surface area contributed by atoms with Crippen molar-refractivity contribution in [3.63, 3.8) is 0 Å². The molecule has 45 heavy (non-hydrogen) atoms. The number of hydrogen-bond donors (Lipinski definition) is 3. The Morgan fingerprint density at radius 3 is 2.31 bits per heavy atom. The van der Waals surface area contributed by atoms with Gasteiger partial charge in [0.1, 0.15) is 11.5 Å². The number of aliphatic hydroxyl groups is 1. The van der Waals surface area contributed by atoms with Crippen molar-refractivity contribution in [2.45, 2.75) is 36.6 Å². The number of aliphatic hydroxyl groups excluding tert-OH is 1. The van der Waals surface area contributed by atoms with Crippen LogP contribution in [-0.4, -0.2) is 28.0 Å². The number of pyridine rings is 1. The van der Waals surface area contributed by atoms with Crippen LogP contribution in [0.3, 0.4) is 0 Å². The number of carbonyl (C=O) groups excluding carboxylic acids is 1. The van der Waals surface area contributed by atoms with Crippen LogP contribution in [0.4, 0.5) is 16.2 Å². The minimum atomic E-state index is -0.641. The van der Waals surface area contributed by atoms with Gasteiger partial charge in [-0.2, -0.15) is 0 Å². The topological polar surface area (TPSA) is 102 Å². The molecule has 0 radical (unpaired) electrons. The number of thioether (sulfide) groups is 1. The Balaban J connectivity index is 1.11. The number of nitrogens with zero attached hydrogens (tertiary/aromatic N) is 1. The molecule has 0 spiro atoms. The van der Waals surface area contributed by atoms with Gasteiger partial charge in [-0.1, -0.05) is 60.7 Å². The number of urea groups is 1. The van der Waals surface area contributed by atoms with Gasteiger partial charge in [0.25, 0.3) is 0 Å². The second-order valence-electron chi connectivity index (χ2n) is 10.5. The lowest BCUT2D eigenvalue weighted by atomic mass is 10.0. The Kier molecular flexibility index (Phi) is 10.0. The summed E-state index contributed by atoms with van der Waals surface area (Å²) < 4.78 is 18.8. The van der Waals surface area contributed by atoms with Gasteiger partial charge in [-0.25, -0.2) is 9.78 Å². The summed E-state index contributed by atoms with van der Waals surface area (Å²) in [7, 11) is 0. The molecule has 1 fully saturated rings. The molecule has 1 saturated heterocycles. The lowest BCUT2D eigenvalue weighted by Crippen LogP contribution is -2.31. The predicted molar refractivity (Wildman–Crippen MR) is 175 cm³/mol. The van der Waals surface area contributed by atoms with Gasteiger partial charge >= 0.3 is 6.03 Å². The average Bonchev–Trinajstić information content (AvgIpc) is 3.09. The molecule has 0 unspecified atom stereocenters. The third kappa shape index (κ3) is 8.49. The monoisotopic (exact) mass is 619 g/mol. The number of nitrogens with one attached hydrogen (secondary N) is 2. The summed E-state index contributed by atoms with van der Waals surface area (Å²) in [4.78, 5) is 17.3. The van der Waals surface area contributed by atoms with E-state index in [-0.39, 0.29) is 24.8 Å². The standard InChI is InChI=1S/C36H33N3O5S/c40-23-25-12-14-26(15-13-25)33-22-32(24-45-34-11-4-5-20-37-34)43-35(44-33)27-7-6-8-29(21-27)39-36(41)38-28-16-18-31(19-17-28)42-30-9-2-1-3-10-30/h1-21,32-33,35,40H,22-24H2,(H2,38,39,41)/t32-,33+,35+/m0/s1. The van der Waals surface area contributed by atoms with E-state index < -0.39 is 6.29 Å². The fourth-order valence-electron chi connectivity index (χ4n) is 4.92. The van der Waals surface area contributed by atoms with Crippen molar-refractivity contribution in [3.05, 3.63) is 144 Å². The molecule has 228 valence electrons. The maximum Gasteiger partial charge on any atom is 0.323 e. The maximum absolute atomic E-state index is 12.9. The number of amides is 2. The molecule has 8 nitrogen and oxygen atoms in total. The van der Waals surface area contributed by atoms with Crippen LogP contribution in [0.25, 0.3) is 0 Å². The zero-order valence-corrected chi connectivity index (χ0v) is 25.2. The molecule has 3 atom stereocenters. The zero-order valence-electron chi connectivity index (χ0n) is 24.4. The van der Waals surface area contributed by atoms with Crippen molar-refractivity contribution in [2.75, 3.05) is 16.4 Å². The van der Waals surface area contributed by atoms with Gasteiger partial charge in [0.05, 0.1) is 23.8 Å². The number of ether oxygens (including phenoxy) is 3. The van der Waals surface area contributed by atoms with Crippen molar-refractivity contribution in [1.82, 2.24) is 4.98 Å². The van der Waals surface area contributed by atoms with E-state index in [4.69, 9.17) is 14.2 Å². The number of benzene rings is 4. The summed E-state index contributed by atoms with van der Waals surface area (Å²) in [5.74, 6) is 2.12. The Bertz CT molecular complexity index is 1670. The lowest BCUT2D eigenvalue weighted by molar-refractivity contribution is -0.245. The Hall–Kier alpha value is -4.67. The molecular formula is C36H33N3O5S. The molecule has 1 aromatic heterocycles. The molecule has 2 heterocycles. The van der Waals surface area contributed by atoms with Crippen LogP contribution >= 0.6 is 11.8 Å². The minimum absolute atomic E-state index is 0.0117. The predicted octanol–water partition coefficient (Wildman–Crippen LogP) is 8.35. The summed E-state index contributed by atoms with van der Waals surface area (Å²) in [5.41, 5.74) is 3.89. The second kappa shape index (κ2) is 14.9. The van der Waals surface area contributed by atoms with E-state index in [0.717, 1.165) is 27.5 Å². The van der Waals surface area contributed by atoms with Crippen LogP contribution in [-0.2, 0) is 16.1 Å². The van der Waals surface area contributed by atoms with Crippen LogP contribution in [0, 0.1) is 0 Å². The number of carbonyl (C=O) groups is 1. The van der Waals surface area contributed by atoms with E-state index in [1.165, 1.54) is 0 Å². The summed E-state index contributed by atoms with van der Waals surface area (Å²) in [5, 5.41) is 16.2. The van der Waals surface area contributed by atoms with Gasteiger partial charge in [-0.05, 0) is 71.8 Å². The highest BCUT2D eigenvalue weighted by atomic mass is 32.2. The molecule has 1 aliphatic rings. The van der Waals surface area contributed by atoms with Crippen molar-refractivity contribution < 1.29 is 24.1 Å². The van der Waals surface area contributed by atoms with Crippen LogP contribution in [0.15, 0.2) is 133 Å². The molecule has 2 amide bonds. The number of aromatic nitrogens is 1. The Labute approximate surface area is 266 Å². The number of hydrogen-bond acceptors (Lipinski definition) is 7. The van der Waals surface area contributed by atoms with Gasteiger partial charge < -0.3 is 30.0 Å². The molecule has 0 bridgehead atoms. The fraction of sp³-hybridized carbons (Fsp3) is 0.167. The third-order valence-electron chi connectivity index (χ3n) is 7.18. The van der Waals surface area contributed by atoms with Crippen molar-refractivity contribution in [3.8, 4) is 11.5 Å². The molecular weight excluding hydrogens is 586 g/mol. The summed E-state index contributed by atoms with van der Waals surface area (Å²) in [6.07, 6.45) is 1.50. The van der Waals surface area contributed by atoms with E-state index >= 15 is 0 Å². The number of para-hydroxylation sites is 1. The van der Waals surface area contributed by atoms with Crippen LogP contribution < -0.4 is 15.4 Å². The molecule has 6 rings (SSSR count). The molecule has 5 aromatic rings. The molecule has 3 N–H and O–H groups in total. The first-order valence-electron chi connectivity index (χ1n) is 14.7. The molecule has 9 heteroatoms. The largest absolute Gasteiger partial charge is 0.457 e. The van der Waals surface area contributed by atoms with E-state index in [1.54, 1.807) is 42.2 Å². The molecule has 0 aliphatic carbocycles. The van der Waals surface area contributed by atoms with Crippen LogP contribution in [0.2, 0.25) is 0 Å². The first-order valence-corrected chi connectivity index (χ1v) is 15.7. The first-order chi connectivity index (χ1) is 22.1. The molecule has 1 aliphatic heterocycles. The number of anilines is 2. The highest BCUT2D eigenvalue weighted by Gasteiger charge is 2.32. The smallest absolute Gasteiger partial charge is 0.323 e. The minimum Gasteiger partial charge on any atom is -0.457 e. The van der Waals surface area contributed by atoms with Crippen LogP contribution in [0.5, 0.6) is 11.5 Å². The van der Waals surface area contributed by atoms with Gasteiger partial charge in [-0.3, -0.25) is 0 Å². The highest BCUT2D eigenvalue weighted by molar-refractivity contribution is 7.99. The number of rotatable bonds is 10. The van der Waals surface area contributed by atoms with Gasteiger partial charge in [0.2, 0.25) is 0 Å². The van der Waals surface area contributed by atoms with Gasteiger partial charge in [0.15, 0.2) is 6.29 Å². The van der Waals surface area contributed by atoms with Crippen molar-refractivity contribution in [2.24, 2.45) is 0 Å². The summed E-state index contributed by atoms with van der Waals surface area (Å²) in [6, 6.07) is 37.5. The zero-order chi connectivity index (χ0) is 30.8. The van der Waals surface area contributed by atoms with E-state index in [1.807, 2.05) is 97.1 Å². The normalized spacial score (nSPS) is 17.8. The first kappa shape index (κ1) is 30.4. The summed E-state index contributed by atoms with van der Waals surface area (Å²) in [6.45, 7) is -0.0117. The second-order valence-corrected chi connectivity index (χ2v) is 11.5. The average molecular weight is 620 g/mol. The molecule has 0 saturated carbocycles. The lowest BCUT2D eigenvalue weighted by Gasteiger charge is -2.36.